The minimum atomic E-state index is -0.230. The fourth-order valence-corrected chi connectivity index (χ4v) is 2.89. The molecule has 0 aliphatic heterocycles. The molecule has 0 spiro atoms. The van der Waals surface area contributed by atoms with E-state index in [-0.39, 0.29) is 5.82 Å². The normalized spacial score (nSPS) is 9.86. The van der Waals surface area contributed by atoms with Crippen molar-refractivity contribution in [3.8, 4) is 29.4 Å². The van der Waals surface area contributed by atoms with E-state index in [1.807, 2.05) is 66.7 Å². The topological polar surface area (TPSA) is 9.23 Å². The molecule has 4 aromatic carbocycles. The molecule has 0 N–H and O–H groups in total. The number of methoxy groups -OCH3 is 1. The first-order valence-electron chi connectivity index (χ1n) is 9.17. The summed E-state index contributed by atoms with van der Waals surface area (Å²) < 4.78 is 18.4. The van der Waals surface area contributed by atoms with Crippen LogP contribution in [0.15, 0.2) is 84.9 Å². The van der Waals surface area contributed by atoms with Crippen molar-refractivity contribution in [3.05, 3.63) is 113 Å². The summed E-state index contributed by atoms with van der Waals surface area (Å²) in [6, 6.07) is 26.0. The molecule has 0 saturated heterocycles. The standard InChI is InChI=1S/C27H17FO/c1-29-27-16-11-22(12-17-27)7-6-20-2-4-21(5-3-20)8-9-23-10-13-25-19-26(28)15-14-24(25)18-23/h2-5,10-19H,1H3. The SMILES string of the molecule is COc1ccc(C#Cc2ccc(C#Cc3ccc4cc(F)ccc4c3)cc2)cc1. The molecule has 1 nitrogen and oxygen atoms in total. The van der Waals surface area contributed by atoms with E-state index < -0.39 is 0 Å². The largest absolute Gasteiger partial charge is 0.497 e. The lowest BCUT2D eigenvalue weighted by Gasteiger charge is -1.98. The Kier molecular flexibility index (Phi) is 5.28. The number of halogens is 1. The maximum Gasteiger partial charge on any atom is 0.123 e. The van der Waals surface area contributed by atoms with Crippen LogP contribution in [0.5, 0.6) is 5.75 Å². The van der Waals surface area contributed by atoms with Gasteiger partial charge in [0.1, 0.15) is 11.6 Å². The average Bonchev–Trinajstić information content (AvgIpc) is 2.77. The third-order valence-corrected chi connectivity index (χ3v) is 4.48. The highest BCUT2D eigenvalue weighted by Gasteiger charge is 1.97. The molecule has 0 heterocycles. The van der Waals surface area contributed by atoms with Gasteiger partial charge < -0.3 is 4.74 Å². The predicted octanol–water partition coefficient (Wildman–Crippen LogP) is 5.79. The molecule has 0 bridgehead atoms. The highest BCUT2D eigenvalue weighted by molar-refractivity contribution is 5.84. The Hall–Kier alpha value is -4.01. The van der Waals surface area contributed by atoms with Crippen LogP contribution in [0.1, 0.15) is 22.3 Å². The zero-order valence-electron chi connectivity index (χ0n) is 15.9. The molecule has 0 atom stereocenters. The molecule has 4 rings (SSSR count). The summed E-state index contributed by atoms with van der Waals surface area (Å²) in [6.45, 7) is 0. The predicted molar refractivity (Wildman–Crippen MR) is 115 cm³/mol. The summed E-state index contributed by atoms with van der Waals surface area (Å²) in [7, 11) is 1.65. The summed E-state index contributed by atoms with van der Waals surface area (Å²) in [5.41, 5.74) is 3.68. The van der Waals surface area contributed by atoms with Crippen LogP contribution in [0.4, 0.5) is 4.39 Å². The van der Waals surface area contributed by atoms with Crippen molar-refractivity contribution in [1.29, 1.82) is 0 Å². The van der Waals surface area contributed by atoms with Crippen LogP contribution in [-0.4, -0.2) is 7.11 Å². The van der Waals surface area contributed by atoms with E-state index in [4.69, 9.17) is 4.74 Å². The van der Waals surface area contributed by atoms with E-state index in [1.165, 1.54) is 12.1 Å². The van der Waals surface area contributed by atoms with Crippen molar-refractivity contribution >= 4 is 10.8 Å². The molecule has 138 valence electrons. The molecule has 0 saturated carbocycles. The van der Waals surface area contributed by atoms with Crippen LogP contribution in [0.2, 0.25) is 0 Å². The summed E-state index contributed by atoms with van der Waals surface area (Å²) in [5, 5.41) is 1.85. The second-order valence-corrected chi connectivity index (χ2v) is 6.51. The number of hydrogen-bond donors (Lipinski definition) is 0. The monoisotopic (exact) mass is 376 g/mol. The van der Waals surface area contributed by atoms with Crippen molar-refractivity contribution in [2.75, 3.05) is 7.11 Å². The van der Waals surface area contributed by atoms with Gasteiger partial charge in [-0.1, -0.05) is 35.8 Å². The first kappa shape index (κ1) is 18.4. The minimum Gasteiger partial charge on any atom is -0.497 e. The molecular weight excluding hydrogens is 359 g/mol. The maximum atomic E-state index is 13.3. The molecule has 0 aliphatic carbocycles. The number of benzene rings is 4. The van der Waals surface area contributed by atoms with Crippen molar-refractivity contribution in [3.63, 3.8) is 0 Å². The van der Waals surface area contributed by atoms with Gasteiger partial charge in [0.05, 0.1) is 7.11 Å². The zero-order chi connectivity index (χ0) is 20.1. The quantitative estimate of drug-likeness (QED) is 0.382. The Morgan fingerprint density at radius 2 is 1.00 bits per heavy atom. The van der Waals surface area contributed by atoms with Gasteiger partial charge in [0.15, 0.2) is 0 Å². The van der Waals surface area contributed by atoms with Crippen LogP contribution in [-0.2, 0) is 0 Å². The number of ether oxygens (including phenoxy) is 1. The zero-order valence-corrected chi connectivity index (χ0v) is 15.9. The second kappa shape index (κ2) is 8.34. The lowest BCUT2D eigenvalue weighted by atomic mass is 10.1. The van der Waals surface area contributed by atoms with Gasteiger partial charge in [-0.15, -0.1) is 0 Å². The Labute approximate surface area is 169 Å². The molecule has 29 heavy (non-hydrogen) atoms. The van der Waals surface area contributed by atoms with E-state index in [0.717, 1.165) is 38.8 Å². The molecule has 0 aliphatic rings. The molecule has 0 unspecified atom stereocenters. The van der Waals surface area contributed by atoms with Gasteiger partial charge in [0, 0.05) is 22.3 Å². The lowest BCUT2D eigenvalue weighted by molar-refractivity contribution is 0.415. The van der Waals surface area contributed by atoms with E-state index in [0.29, 0.717) is 0 Å². The van der Waals surface area contributed by atoms with Gasteiger partial charge >= 0.3 is 0 Å². The molecular formula is C27H17FO. The summed E-state index contributed by atoms with van der Waals surface area (Å²) in [4.78, 5) is 0. The maximum absolute atomic E-state index is 13.3. The summed E-state index contributed by atoms with van der Waals surface area (Å²) in [5.74, 6) is 13.2. The smallest absolute Gasteiger partial charge is 0.123 e. The van der Waals surface area contributed by atoms with Crippen LogP contribution in [0.25, 0.3) is 10.8 Å². The van der Waals surface area contributed by atoms with Crippen LogP contribution in [0, 0.1) is 29.5 Å². The molecule has 0 radical (unpaired) electrons. The number of fused-ring (bicyclic) bond motifs is 1. The highest BCUT2D eigenvalue weighted by Crippen LogP contribution is 2.17. The molecule has 0 fully saturated rings. The van der Waals surface area contributed by atoms with Gasteiger partial charge in [0.2, 0.25) is 0 Å². The fourth-order valence-electron chi connectivity index (χ4n) is 2.89. The third kappa shape index (κ3) is 4.64. The first-order chi connectivity index (χ1) is 14.2. The van der Waals surface area contributed by atoms with Crippen LogP contribution in [0.3, 0.4) is 0 Å². The molecule has 0 aromatic heterocycles. The Morgan fingerprint density at radius 3 is 1.59 bits per heavy atom. The highest BCUT2D eigenvalue weighted by atomic mass is 19.1. The van der Waals surface area contributed by atoms with Gasteiger partial charge in [-0.25, -0.2) is 4.39 Å². The minimum absolute atomic E-state index is 0.230. The van der Waals surface area contributed by atoms with Gasteiger partial charge in [-0.2, -0.15) is 0 Å². The Bertz CT molecular complexity index is 1280. The second-order valence-electron chi connectivity index (χ2n) is 6.51. The van der Waals surface area contributed by atoms with E-state index >= 15 is 0 Å². The van der Waals surface area contributed by atoms with Gasteiger partial charge in [0.25, 0.3) is 0 Å². The van der Waals surface area contributed by atoms with E-state index in [2.05, 4.69) is 23.7 Å². The Morgan fingerprint density at radius 1 is 0.552 bits per heavy atom. The van der Waals surface area contributed by atoms with Crippen molar-refractivity contribution in [2.45, 2.75) is 0 Å². The molecule has 4 aromatic rings. The molecule has 2 heteroatoms. The summed E-state index contributed by atoms with van der Waals surface area (Å²) >= 11 is 0. The average molecular weight is 376 g/mol. The fraction of sp³-hybridized carbons (Fsp3) is 0.0370. The number of hydrogen-bond acceptors (Lipinski definition) is 1. The number of rotatable bonds is 1. The first-order valence-corrected chi connectivity index (χ1v) is 9.17. The van der Waals surface area contributed by atoms with Crippen molar-refractivity contribution < 1.29 is 9.13 Å². The van der Waals surface area contributed by atoms with Gasteiger partial charge in [-0.3, -0.25) is 0 Å². The van der Waals surface area contributed by atoms with Crippen molar-refractivity contribution in [1.82, 2.24) is 0 Å². The van der Waals surface area contributed by atoms with E-state index in [1.54, 1.807) is 13.2 Å². The third-order valence-electron chi connectivity index (χ3n) is 4.48. The van der Waals surface area contributed by atoms with E-state index in [9.17, 15) is 4.39 Å². The Balaban J connectivity index is 1.49. The lowest BCUT2D eigenvalue weighted by Crippen LogP contribution is -1.82. The summed E-state index contributed by atoms with van der Waals surface area (Å²) in [6.07, 6.45) is 0. The van der Waals surface area contributed by atoms with Crippen LogP contribution < -0.4 is 4.74 Å². The molecule has 0 amide bonds. The van der Waals surface area contributed by atoms with Crippen molar-refractivity contribution in [2.24, 2.45) is 0 Å². The van der Waals surface area contributed by atoms with Crippen LogP contribution >= 0.6 is 0 Å². The van der Waals surface area contributed by atoms with Gasteiger partial charge in [-0.05, 0) is 83.6 Å².